The third-order valence-electron chi connectivity index (χ3n) is 3.06. The van der Waals surface area contributed by atoms with E-state index in [4.69, 9.17) is 5.73 Å². The molecule has 1 aromatic rings. The van der Waals surface area contributed by atoms with Gasteiger partial charge in [0.1, 0.15) is 0 Å². The lowest BCUT2D eigenvalue weighted by molar-refractivity contribution is 0.150. The van der Waals surface area contributed by atoms with Gasteiger partial charge in [-0.3, -0.25) is 0 Å². The van der Waals surface area contributed by atoms with Crippen molar-refractivity contribution in [3.05, 3.63) is 16.3 Å². The Morgan fingerprint density at radius 1 is 1.47 bits per heavy atom. The van der Waals surface area contributed by atoms with Crippen molar-refractivity contribution in [2.24, 2.45) is 0 Å². The van der Waals surface area contributed by atoms with Crippen molar-refractivity contribution in [2.75, 3.05) is 12.3 Å². The van der Waals surface area contributed by atoms with Crippen molar-refractivity contribution in [3.8, 4) is 0 Å². The number of nitrogen functional groups attached to an aromatic ring is 1. The summed E-state index contributed by atoms with van der Waals surface area (Å²) in [6.07, 6.45) is 1.84. The molecule has 0 radical (unpaired) electrons. The molecule has 0 fully saturated rings. The topological polar surface area (TPSA) is 58.3 Å². The zero-order chi connectivity index (χ0) is 11.3. The van der Waals surface area contributed by atoms with Gasteiger partial charge in [-0.15, -0.1) is 11.3 Å². The molecule has 0 saturated carbocycles. The minimum absolute atomic E-state index is 0.156. The Labute approximate surface area is 95.3 Å². The minimum atomic E-state index is -0.156. The molecule has 0 bridgehead atoms. The molecule has 0 spiro atoms. The number of rotatable bonds is 6. The highest BCUT2D eigenvalue weighted by molar-refractivity contribution is 7.10. The monoisotopic (exact) mass is 228 g/mol. The van der Waals surface area contributed by atoms with Crippen LogP contribution in [0.3, 0.4) is 0 Å². The molecule has 4 N–H and O–H groups in total. The quantitative estimate of drug-likeness (QED) is 0.697. The van der Waals surface area contributed by atoms with Gasteiger partial charge in [-0.05, 0) is 24.3 Å². The van der Waals surface area contributed by atoms with Crippen LogP contribution in [0.4, 0.5) is 5.69 Å². The average molecular weight is 228 g/mol. The Morgan fingerprint density at radius 3 is 2.53 bits per heavy atom. The van der Waals surface area contributed by atoms with E-state index in [0.29, 0.717) is 0 Å². The molecule has 0 unspecified atom stereocenters. The van der Waals surface area contributed by atoms with Crippen LogP contribution in [0.1, 0.15) is 31.6 Å². The lowest BCUT2D eigenvalue weighted by Crippen LogP contribution is -2.46. The predicted octanol–water partition coefficient (Wildman–Crippen LogP) is 1.97. The van der Waals surface area contributed by atoms with E-state index in [1.807, 2.05) is 11.4 Å². The zero-order valence-electron chi connectivity index (χ0n) is 9.42. The summed E-state index contributed by atoms with van der Waals surface area (Å²) in [5.41, 5.74) is 6.49. The first-order chi connectivity index (χ1) is 7.17. The molecule has 86 valence electrons. The number of hydrogen-bond acceptors (Lipinski definition) is 4. The average Bonchev–Trinajstić information content (AvgIpc) is 2.67. The lowest BCUT2D eigenvalue weighted by atomic mass is 9.94. The molecule has 1 aromatic heterocycles. The highest BCUT2D eigenvalue weighted by atomic mass is 32.1. The number of anilines is 1. The highest BCUT2D eigenvalue weighted by Crippen LogP contribution is 2.21. The summed E-state index contributed by atoms with van der Waals surface area (Å²) in [5.74, 6) is 0. The fourth-order valence-corrected chi connectivity index (χ4v) is 2.28. The fourth-order valence-electron chi connectivity index (χ4n) is 1.54. The number of aliphatic hydroxyl groups excluding tert-OH is 1. The largest absolute Gasteiger partial charge is 0.398 e. The second-order valence-corrected chi connectivity index (χ2v) is 4.80. The van der Waals surface area contributed by atoms with Gasteiger partial charge in [0, 0.05) is 22.6 Å². The highest BCUT2D eigenvalue weighted by Gasteiger charge is 2.24. The lowest BCUT2D eigenvalue weighted by Gasteiger charge is -2.30. The van der Waals surface area contributed by atoms with Crippen LogP contribution in [0, 0.1) is 0 Å². The first kappa shape index (κ1) is 12.5. The summed E-state index contributed by atoms with van der Waals surface area (Å²) in [6.45, 7) is 5.09. The van der Waals surface area contributed by atoms with Gasteiger partial charge in [0.25, 0.3) is 0 Å². The number of hydrogen-bond donors (Lipinski definition) is 3. The van der Waals surface area contributed by atoms with E-state index in [1.54, 1.807) is 11.3 Å². The molecule has 15 heavy (non-hydrogen) atoms. The Balaban J connectivity index is 2.58. The summed E-state index contributed by atoms with van der Waals surface area (Å²) >= 11 is 1.65. The maximum absolute atomic E-state index is 9.38. The molecule has 0 aliphatic heterocycles. The van der Waals surface area contributed by atoms with E-state index in [2.05, 4.69) is 19.2 Å². The van der Waals surface area contributed by atoms with E-state index in [0.717, 1.165) is 30.0 Å². The van der Waals surface area contributed by atoms with Crippen LogP contribution in [0.15, 0.2) is 11.4 Å². The van der Waals surface area contributed by atoms with Crippen LogP contribution >= 0.6 is 11.3 Å². The maximum Gasteiger partial charge on any atom is 0.0613 e. The fraction of sp³-hybridized carbons (Fsp3) is 0.636. The standard InChI is InChI=1S/C11H20N2OS/c1-3-11(4-2,8-14)13-7-10-9(12)5-6-15-10/h5-6,13-14H,3-4,7-8,12H2,1-2H3. The van der Waals surface area contributed by atoms with E-state index in [-0.39, 0.29) is 12.1 Å². The van der Waals surface area contributed by atoms with Crippen molar-refractivity contribution >= 4 is 17.0 Å². The van der Waals surface area contributed by atoms with Crippen molar-refractivity contribution in [1.29, 1.82) is 0 Å². The van der Waals surface area contributed by atoms with Crippen LogP contribution < -0.4 is 11.1 Å². The van der Waals surface area contributed by atoms with Crippen molar-refractivity contribution < 1.29 is 5.11 Å². The van der Waals surface area contributed by atoms with Crippen LogP contribution in [0.5, 0.6) is 0 Å². The number of nitrogens with two attached hydrogens (primary N) is 1. The Kier molecular flexibility index (Phi) is 4.57. The minimum Gasteiger partial charge on any atom is -0.398 e. The van der Waals surface area contributed by atoms with Gasteiger partial charge in [-0.25, -0.2) is 0 Å². The summed E-state index contributed by atoms with van der Waals surface area (Å²) in [4.78, 5) is 1.15. The summed E-state index contributed by atoms with van der Waals surface area (Å²) < 4.78 is 0. The SMILES string of the molecule is CCC(CC)(CO)NCc1sccc1N. The van der Waals surface area contributed by atoms with Gasteiger partial charge in [-0.2, -0.15) is 0 Å². The molecule has 1 rings (SSSR count). The van der Waals surface area contributed by atoms with E-state index < -0.39 is 0 Å². The third kappa shape index (κ3) is 2.93. The Bertz CT molecular complexity index is 286. The van der Waals surface area contributed by atoms with E-state index in [1.165, 1.54) is 0 Å². The smallest absolute Gasteiger partial charge is 0.0613 e. The molecule has 1 heterocycles. The second-order valence-electron chi connectivity index (χ2n) is 3.80. The zero-order valence-corrected chi connectivity index (χ0v) is 10.2. The first-order valence-electron chi connectivity index (χ1n) is 5.35. The Hall–Kier alpha value is -0.580. The van der Waals surface area contributed by atoms with Gasteiger partial charge in [-0.1, -0.05) is 13.8 Å². The van der Waals surface area contributed by atoms with Crippen LogP contribution in [-0.2, 0) is 6.54 Å². The van der Waals surface area contributed by atoms with Gasteiger partial charge in [0.15, 0.2) is 0 Å². The molecule has 0 aliphatic rings. The van der Waals surface area contributed by atoms with Crippen molar-refractivity contribution in [1.82, 2.24) is 5.32 Å². The van der Waals surface area contributed by atoms with Gasteiger partial charge < -0.3 is 16.2 Å². The molecule has 4 heteroatoms. The van der Waals surface area contributed by atoms with Gasteiger partial charge >= 0.3 is 0 Å². The molecule has 0 saturated heterocycles. The third-order valence-corrected chi connectivity index (χ3v) is 4.00. The summed E-state index contributed by atoms with van der Waals surface area (Å²) in [7, 11) is 0. The normalized spacial score (nSPS) is 11.9. The molecule has 3 nitrogen and oxygen atoms in total. The molecular formula is C11H20N2OS. The first-order valence-corrected chi connectivity index (χ1v) is 6.23. The number of nitrogens with one attached hydrogen (secondary N) is 1. The van der Waals surface area contributed by atoms with E-state index in [9.17, 15) is 5.11 Å². The van der Waals surface area contributed by atoms with Crippen molar-refractivity contribution in [2.45, 2.75) is 38.8 Å². The van der Waals surface area contributed by atoms with Crippen LogP contribution in [0.2, 0.25) is 0 Å². The van der Waals surface area contributed by atoms with Crippen LogP contribution in [0.25, 0.3) is 0 Å². The maximum atomic E-state index is 9.38. The van der Waals surface area contributed by atoms with Gasteiger partial charge in [0.05, 0.1) is 6.61 Å². The van der Waals surface area contributed by atoms with Crippen LogP contribution in [-0.4, -0.2) is 17.3 Å². The Morgan fingerprint density at radius 2 is 2.13 bits per heavy atom. The summed E-state index contributed by atoms with van der Waals surface area (Å²) in [5, 5.41) is 14.8. The van der Waals surface area contributed by atoms with Gasteiger partial charge in [0.2, 0.25) is 0 Å². The molecule has 0 aliphatic carbocycles. The van der Waals surface area contributed by atoms with Crippen molar-refractivity contribution in [3.63, 3.8) is 0 Å². The molecule has 0 aromatic carbocycles. The number of thiophene rings is 1. The molecule has 0 amide bonds. The van der Waals surface area contributed by atoms with E-state index >= 15 is 0 Å². The molecule has 0 atom stereocenters. The second kappa shape index (κ2) is 5.49. The molecular weight excluding hydrogens is 208 g/mol. The summed E-state index contributed by atoms with van der Waals surface area (Å²) in [6, 6.07) is 1.92. The predicted molar refractivity (Wildman–Crippen MR) is 66.0 cm³/mol. The number of aliphatic hydroxyl groups is 1.